The van der Waals surface area contributed by atoms with E-state index in [1.165, 1.54) is 23.3 Å². The van der Waals surface area contributed by atoms with Crippen molar-refractivity contribution < 1.29 is 19.1 Å². The second-order valence-electron chi connectivity index (χ2n) is 13.2. The maximum absolute atomic E-state index is 13.5. The highest BCUT2D eigenvalue weighted by Gasteiger charge is 2.54. The Bertz CT molecular complexity index is 1060. The van der Waals surface area contributed by atoms with Crippen molar-refractivity contribution in [3.63, 3.8) is 0 Å². The van der Waals surface area contributed by atoms with Crippen LogP contribution in [0.3, 0.4) is 0 Å². The van der Waals surface area contributed by atoms with Crippen molar-refractivity contribution in [3.05, 3.63) is 23.3 Å². The van der Waals surface area contributed by atoms with Crippen LogP contribution in [0.4, 0.5) is 0 Å². The van der Waals surface area contributed by atoms with Gasteiger partial charge in [0.1, 0.15) is 6.10 Å². The van der Waals surface area contributed by atoms with Gasteiger partial charge in [-0.15, -0.1) is 0 Å². The third-order valence-corrected chi connectivity index (χ3v) is 11.0. The lowest BCUT2D eigenvalue weighted by Crippen LogP contribution is -2.51. The van der Waals surface area contributed by atoms with Crippen LogP contribution in [0.15, 0.2) is 23.3 Å². The summed E-state index contributed by atoms with van der Waals surface area (Å²) in [6, 6.07) is 2.34. The van der Waals surface area contributed by atoms with Gasteiger partial charge in [-0.25, -0.2) is 0 Å². The van der Waals surface area contributed by atoms with Gasteiger partial charge in [0.2, 0.25) is 5.91 Å². The Morgan fingerprint density at radius 2 is 1.72 bits per heavy atom. The number of allylic oxidation sites excluding steroid dienone is 2. The number of rotatable bonds is 5. The molecule has 6 heteroatoms. The molecule has 0 saturated heterocycles. The van der Waals surface area contributed by atoms with Crippen LogP contribution >= 0.6 is 0 Å². The van der Waals surface area contributed by atoms with Gasteiger partial charge in [-0.05, 0) is 81.6 Å². The summed E-state index contributed by atoms with van der Waals surface area (Å²) < 4.78 is 6.40. The van der Waals surface area contributed by atoms with Crippen LogP contribution in [-0.2, 0) is 19.1 Å². The Morgan fingerprint density at radius 1 is 1.05 bits per heavy atom. The molecule has 4 aliphatic carbocycles. The number of hydrogen-bond acceptors (Lipinski definition) is 5. The summed E-state index contributed by atoms with van der Waals surface area (Å²) >= 11 is 0. The average Bonchev–Trinajstić information content (AvgIpc) is 3.08. The molecule has 5 rings (SSSR count). The van der Waals surface area contributed by atoms with E-state index in [1.807, 2.05) is 0 Å². The third kappa shape index (κ3) is 5.61. The van der Waals surface area contributed by atoms with Crippen LogP contribution < -0.4 is 0 Å². The van der Waals surface area contributed by atoms with E-state index < -0.39 is 0 Å². The summed E-state index contributed by atoms with van der Waals surface area (Å²) in [7, 11) is 0. The fourth-order valence-electron chi connectivity index (χ4n) is 8.73. The summed E-state index contributed by atoms with van der Waals surface area (Å²) in [6.07, 6.45) is 17.5. The van der Waals surface area contributed by atoms with Crippen LogP contribution in [0, 0.1) is 46.3 Å². The van der Waals surface area contributed by atoms with Gasteiger partial charge in [-0.3, -0.25) is 19.3 Å². The molecule has 0 radical (unpaired) electrons. The molecule has 0 aromatic rings. The van der Waals surface area contributed by atoms with E-state index >= 15 is 0 Å². The van der Waals surface area contributed by atoms with Crippen LogP contribution in [0.2, 0.25) is 0 Å². The number of hydrogen-bond donors (Lipinski definition) is 0. The van der Waals surface area contributed by atoms with E-state index in [-0.39, 0.29) is 58.9 Å². The fourth-order valence-corrected chi connectivity index (χ4v) is 8.73. The molecule has 3 saturated carbocycles. The van der Waals surface area contributed by atoms with Crippen molar-refractivity contribution in [1.82, 2.24) is 4.90 Å². The molecule has 0 aromatic carbocycles. The van der Waals surface area contributed by atoms with Crippen molar-refractivity contribution >= 4 is 17.8 Å². The Labute approximate surface area is 234 Å². The smallest absolute Gasteiger partial charge is 0.309 e. The minimum absolute atomic E-state index is 0.00176. The highest BCUT2D eigenvalue weighted by Crippen LogP contribution is 2.58. The number of carbonyl (C=O) groups is 3. The lowest BCUT2D eigenvalue weighted by atomic mass is 9.51. The van der Waals surface area contributed by atoms with Crippen LogP contribution in [0.5, 0.6) is 0 Å². The number of fused-ring (bicyclic) bond motifs is 3. The summed E-state index contributed by atoms with van der Waals surface area (Å²) in [5.41, 5.74) is 1.99. The maximum atomic E-state index is 13.5. The summed E-state index contributed by atoms with van der Waals surface area (Å²) in [5, 5.41) is 9.36. The van der Waals surface area contributed by atoms with Crippen molar-refractivity contribution in [2.45, 2.75) is 116 Å². The van der Waals surface area contributed by atoms with Gasteiger partial charge in [0.25, 0.3) is 5.91 Å². The van der Waals surface area contributed by atoms with Crippen LogP contribution in [-0.4, -0.2) is 35.3 Å². The zero-order chi connectivity index (χ0) is 27.6. The molecule has 5 aliphatic rings. The van der Waals surface area contributed by atoms with Gasteiger partial charge >= 0.3 is 5.97 Å². The van der Waals surface area contributed by atoms with E-state index in [0.717, 1.165) is 76.2 Å². The zero-order valence-electron chi connectivity index (χ0n) is 24.0. The number of carbonyl (C=O) groups excluding carboxylic acids is 3. The normalized spacial score (nSPS) is 34.1. The van der Waals surface area contributed by atoms with E-state index in [9.17, 15) is 19.6 Å². The summed E-state index contributed by atoms with van der Waals surface area (Å²) in [6.45, 7) is 4.80. The second-order valence-corrected chi connectivity index (χ2v) is 13.2. The lowest BCUT2D eigenvalue weighted by Gasteiger charge is -2.54. The van der Waals surface area contributed by atoms with E-state index in [0.29, 0.717) is 19.4 Å². The number of nitrogens with zero attached hydrogens (tertiary/aromatic N) is 2. The Kier molecular flexibility index (Phi) is 8.64. The van der Waals surface area contributed by atoms with Gasteiger partial charge in [-0.2, -0.15) is 5.26 Å². The van der Waals surface area contributed by atoms with Crippen molar-refractivity contribution in [2.75, 3.05) is 6.54 Å². The van der Waals surface area contributed by atoms with Gasteiger partial charge in [-0.1, -0.05) is 56.6 Å². The molecule has 39 heavy (non-hydrogen) atoms. The van der Waals surface area contributed by atoms with Crippen molar-refractivity contribution in [2.24, 2.45) is 35.0 Å². The number of ether oxygens (including phenoxy) is 1. The largest absolute Gasteiger partial charge is 0.458 e. The quantitative estimate of drug-likeness (QED) is 0.224. The Morgan fingerprint density at radius 3 is 2.38 bits per heavy atom. The maximum Gasteiger partial charge on any atom is 0.309 e. The molecule has 5 unspecified atom stereocenters. The first kappa shape index (κ1) is 28.1. The molecule has 3 fully saturated rings. The predicted octanol–water partition coefficient (Wildman–Crippen LogP) is 6.66. The molecule has 0 bridgehead atoms. The number of imide groups is 1. The first-order chi connectivity index (χ1) is 18.8. The van der Waals surface area contributed by atoms with E-state index in [1.54, 1.807) is 6.08 Å². The lowest BCUT2D eigenvalue weighted by molar-refractivity contribution is -0.161. The average molecular weight is 535 g/mol. The Hall–Kier alpha value is -2.42. The minimum Gasteiger partial charge on any atom is -0.458 e. The first-order valence-electron chi connectivity index (χ1n) is 15.7. The van der Waals surface area contributed by atoms with Gasteiger partial charge in [0, 0.05) is 30.9 Å². The number of nitriles is 1. The van der Waals surface area contributed by atoms with E-state index in [4.69, 9.17) is 4.74 Å². The fraction of sp³-hybridized carbons (Fsp3) is 0.758. The first-order valence-corrected chi connectivity index (χ1v) is 15.7. The van der Waals surface area contributed by atoms with Crippen LogP contribution in [0.25, 0.3) is 0 Å². The zero-order valence-corrected chi connectivity index (χ0v) is 24.0. The van der Waals surface area contributed by atoms with Gasteiger partial charge in [0.05, 0.1) is 12.0 Å². The van der Waals surface area contributed by atoms with Crippen molar-refractivity contribution in [1.29, 1.82) is 5.26 Å². The molecule has 5 atom stereocenters. The molecule has 2 amide bonds. The SMILES string of the molecule is CC1=CC(OC(=O)C2CCCCC2)C2C(CCC3=CC(=O)N(C(=O)C4CCCCC4)CCC32C)C1CCC#N. The predicted molar refractivity (Wildman–Crippen MR) is 149 cm³/mol. The Balaban J connectivity index is 1.44. The highest BCUT2D eigenvalue weighted by atomic mass is 16.5. The highest BCUT2D eigenvalue weighted by molar-refractivity contribution is 6.02. The molecule has 1 heterocycles. The van der Waals surface area contributed by atoms with Crippen molar-refractivity contribution in [3.8, 4) is 6.07 Å². The summed E-state index contributed by atoms with van der Waals surface area (Å²) in [4.78, 5) is 41.9. The molecule has 1 aliphatic heterocycles. The van der Waals surface area contributed by atoms with Gasteiger partial charge in [0.15, 0.2) is 0 Å². The molecule has 0 spiro atoms. The number of amides is 2. The number of esters is 1. The minimum atomic E-state index is -0.347. The topological polar surface area (TPSA) is 87.5 Å². The molecule has 212 valence electrons. The molecule has 0 aromatic heterocycles. The molecular weight excluding hydrogens is 488 g/mol. The molecule has 6 nitrogen and oxygen atoms in total. The third-order valence-electron chi connectivity index (χ3n) is 11.0. The molecular formula is C33H46N2O4. The standard InChI is InChI=1S/C33H46N2O4/c1-22-20-28(39-32(38)24-12-7-4-8-13-24)30-27(26(22)14-9-18-34)16-15-25-21-29(36)35(19-17-33(25,30)2)31(37)23-10-5-3-6-11-23/h20-21,23-24,26-28,30H,3-17,19H2,1-2H3. The molecule has 0 N–H and O–H groups in total. The summed E-state index contributed by atoms with van der Waals surface area (Å²) in [5.74, 6) is 0.298. The monoisotopic (exact) mass is 534 g/mol. The van der Waals surface area contributed by atoms with Crippen LogP contribution in [0.1, 0.15) is 110 Å². The van der Waals surface area contributed by atoms with Gasteiger partial charge < -0.3 is 4.74 Å². The van der Waals surface area contributed by atoms with E-state index in [2.05, 4.69) is 26.0 Å². The second kappa shape index (κ2) is 12.0.